The Labute approximate surface area is 174 Å². The number of benzene rings is 1. The first-order valence-electron chi connectivity index (χ1n) is 10.2. The molecule has 156 valence electrons. The van der Waals surface area contributed by atoms with Gasteiger partial charge in [-0.3, -0.25) is 9.59 Å². The average molecular weight is 409 g/mol. The number of aliphatic hydroxyl groups excluding tert-OH is 1. The summed E-state index contributed by atoms with van der Waals surface area (Å²) in [4.78, 5) is 29.1. The number of ketones is 1. The molecule has 4 rings (SSSR count). The van der Waals surface area contributed by atoms with E-state index in [9.17, 15) is 14.7 Å². The smallest absolute Gasteiger partial charge is 0.290 e. The summed E-state index contributed by atoms with van der Waals surface area (Å²) in [6.45, 7) is 7.11. The summed E-state index contributed by atoms with van der Waals surface area (Å²) >= 11 is 0. The highest BCUT2D eigenvalue weighted by molar-refractivity contribution is 6.15. The summed E-state index contributed by atoms with van der Waals surface area (Å²) in [5, 5.41) is 11.4. The van der Waals surface area contributed by atoms with Crippen molar-refractivity contribution in [2.24, 2.45) is 0 Å². The minimum atomic E-state index is -0.789. The fourth-order valence-corrected chi connectivity index (χ4v) is 3.97. The highest BCUT2D eigenvalue weighted by Crippen LogP contribution is 2.39. The Morgan fingerprint density at radius 2 is 1.93 bits per heavy atom. The van der Waals surface area contributed by atoms with Crippen LogP contribution < -0.4 is 4.90 Å². The Morgan fingerprint density at radius 3 is 2.60 bits per heavy atom. The number of fused-ring (bicyclic) bond motifs is 1. The fourth-order valence-electron chi connectivity index (χ4n) is 3.97. The van der Waals surface area contributed by atoms with E-state index in [0.717, 1.165) is 18.5 Å². The van der Waals surface area contributed by atoms with Gasteiger partial charge in [-0.15, -0.1) is 0 Å². The third kappa shape index (κ3) is 3.41. The maximum Gasteiger partial charge on any atom is 0.290 e. The Morgan fingerprint density at radius 1 is 1.17 bits per heavy atom. The van der Waals surface area contributed by atoms with Crippen LogP contribution in [0.4, 0.5) is 0 Å². The van der Waals surface area contributed by atoms with Gasteiger partial charge in [0.2, 0.25) is 5.78 Å². The minimum absolute atomic E-state index is 0.0106. The maximum atomic E-state index is 13.3. The molecule has 7 nitrogen and oxygen atoms in total. The topological polar surface area (TPSA) is 88.3 Å². The van der Waals surface area contributed by atoms with E-state index in [1.54, 1.807) is 24.3 Å². The molecule has 0 saturated heterocycles. The molecule has 0 aliphatic carbocycles. The lowest BCUT2D eigenvalue weighted by Crippen LogP contribution is -3.12. The molecular formula is C23H25N2O5+. The van der Waals surface area contributed by atoms with Crippen molar-refractivity contribution in [2.75, 3.05) is 26.2 Å². The lowest BCUT2D eigenvalue weighted by Gasteiger charge is -2.26. The van der Waals surface area contributed by atoms with Crippen molar-refractivity contribution in [2.45, 2.75) is 19.9 Å². The molecule has 2 aromatic heterocycles. The lowest BCUT2D eigenvalue weighted by atomic mass is 9.99. The van der Waals surface area contributed by atoms with Gasteiger partial charge in [-0.05, 0) is 38.1 Å². The van der Waals surface area contributed by atoms with E-state index in [1.807, 2.05) is 18.2 Å². The number of aliphatic hydroxyl groups is 1. The zero-order valence-electron chi connectivity index (χ0n) is 17.1. The van der Waals surface area contributed by atoms with Gasteiger partial charge in [-0.1, -0.05) is 18.2 Å². The molecule has 1 aliphatic heterocycles. The zero-order valence-corrected chi connectivity index (χ0v) is 17.1. The third-order valence-electron chi connectivity index (χ3n) is 5.72. The molecule has 1 aromatic carbocycles. The van der Waals surface area contributed by atoms with Crippen LogP contribution in [0, 0.1) is 0 Å². The number of para-hydroxylation sites is 1. The van der Waals surface area contributed by atoms with Crippen molar-refractivity contribution in [3.63, 3.8) is 0 Å². The standard InChI is InChI=1S/C23H24N2O5/c1-3-24(4-2)11-12-25-20(17-10-7-13-29-17)19(22(27)23(25)28)21(26)18-14-15-8-5-6-9-16(15)30-18/h5-10,13-14,20,27H,3-4,11-12H2,1-2H3/p+1/t20-/m0/s1. The molecule has 0 radical (unpaired) electrons. The van der Waals surface area contributed by atoms with Crippen molar-refractivity contribution >= 4 is 22.7 Å². The first-order chi connectivity index (χ1) is 14.5. The number of carbonyl (C=O) groups is 2. The van der Waals surface area contributed by atoms with Crippen LogP contribution in [0.5, 0.6) is 0 Å². The van der Waals surface area contributed by atoms with Gasteiger partial charge >= 0.3 is 0 Å². The van der Waals surface area contributed by atoms with Gasteiger partial charge in [0.05, 0.1) is 38.0 Å². The predicted octanol–water partition coefficient (Wildman–Crippen LogP) is 2.53. The Balaban J connectivity index is 1.71. The number of hydrogen-bond donors (Lipinski definition) is 2. The number of hydrogen-bond acceptors (Lipinski definition) is 5. The van der Waals surface area contributed by atoms with Gasteiger partial charge in [0.15, 0.2) is 11.5 Å². The monoisotopic (exact) mass is 409 g/mol. The van der Waals surface area contributed by atoms with Crippen molar-refractivity contribution in [1.29, 1.82) is 0 Å². The first-order valence-corrected chi connectivity index (χ1v) is 10.2. The zero-order chi connectivity index (χ0) is 21.3. The van der Waals surface area contributed by atoms with E-state index in [2.05, 4.69) is 13.8 Å². The van der Waals surface area contributed by atoms with Crippen LogP contribution >= 0.6 is 0 Å². The molecule has 30 heavy (non-hydrogen) atoms. The van der Waals surface area contributed by atoms with Crippen molar-refractivity contribution in [3.8, 4) is 0 Å². The molecule has 0 saturated carbocycles. The molecule has 7 heteroatoms. The predicted molar refractivity (Wildman–Crippen MR) is 110 cm³/mol. The molecule has 2 N–H and O–H groups in total. The van der Waals surface area contributed by atoms with E-state index in [4.69, 9.17) is 8.83 Å². The van der Waals surface area contributed by atoms with Crippen LogP contribution in [-0.4, -0.2) is 47.9 Å². The van der Waals surface area contributed by atoms with Crippen LogP contribution in [0.15, 0.2) is 68.9 Å². The highest BCUT2D eigenvalue weighted by atomic mass is 16.3. The molecule has 1 amide bonds. The van der Waals surface area contributed by atoms with Gasteiger partial charge in [0.25, 0.3) is 5.91 Å². The number of rotatable bonds is 8. The largest absolute Gasteiger partial charge is 0.503 e. The summed E-state index contributed by atoms with van der Waals surface area (Å²) in [5.74, 6) is -1.12. The van der Waals surface area contributed by atoms with Crippen LogP contribution in [0.2, 0.25) is 0 Å². The Hall–Kier alpha value is -3.32. The second-order valence-electron chi connectivity index (χ2n) is 7.36. The van der Waals surface area contributed by atoms with Crippen LogP contribution in [0.3, 0.4) is 0 Å². The molecule has 3 aromatic rings. The Kier molecular flexibility index (Phi) is 5.46. The maximum absolute atomic E-state index is 13.3. The molecule has 0 unspecified atom stereocenters. The van der Waals surface area contributed by atoms with Gasteiger partial charge in [-0.25, -0.2) is 0 Å². The van der Waals surface area contributed by atoms with Gasteiger partial charge < -0.3 is 23.7 Å². The van der Waals surface area contributed by atoms with Gasteiger partial charge in [0, 0.05) is 5.39 Å². The molecular weight excluding hydrogens is 384 g/mol. The lowest BCUT2D eigenvalue weighted by molar-refractivity contribution is -0.895. The Bertz CT molecular complexity index is 1060. The fraction of sp³-hybridized carbons (Fsp3) is 0.304. The second kappa shape index (κ2) is 8.20. The van der Waals surface area contributed by atoms with Crippen molar-refractivity contribution in [3.05, 3.63) is 71.6 Å². The number of Topliss-reactive ketones (excluding diaryl/α,β-unsaturated/α-hetero) is 1. The molecule has 0 fully saturated rings. The van der Waals surface area contributed by atoms with E-state index < -0.39 is 23.5 Å². The number of likely N-dealkylation sites (N-methyl/N-ethyl adjacent to an activating group) is 1. The normalized spacial score (nSPS) is 17.0. The number of furan rings is 2. The van der Waals surface area contributed by atoms with E-state index in [-0.39, 0.29) is 11.3 Å². The number of carbonyl (C=O) groups excluding carboxylic acids is 2. The van der Waals surface area contributed by atoms with Gasteiger partial charge in [0.1, 0.15) is 17.4 Å². The van der Waals surface area contributed by atoms with E-state index in [1.165, 1.54) is 16.1 Å². The van der Waals surface area contributed by atoms with E-state index in [0.29, 0.717) is 24.4 Å². The van der Waals surface area contributed by atoms with Gasteiger partial charge in [-0.2, -0.15) is 0 Å². The van der Waals surface area contributed by atoms with Crippen molar-refractivity contribution < 1.29 is 28.4 Å². The summed E-state index contributed by atoms with van der Waals surface area (Å²) < 4.78 is 11.3. The summed E-state index contributed by atoms with van der Waals surface area (Å²) in [6, 6.07) is 11.5. The minimum Gasteiger partial charge on any atom is -0.503 e. The average Bonchev–Trinajstić information content (AvgIpc) is 3.48. The summed E-state index contributed by atoms with van der Waals surface area (Å²) in [5.41, 5.74) is 0.561. The number of nitrogens with zero attached hydrogens (tertiary/aromatic N) is 1. The SMILES string of the molecule is CC[NH+](CC)CCN1C(=O)C(O)=C(C(=O)c2cc3ccccc3o2)[C@@H]1c1ccco1. The van der Waals surface area contributed by atoms with Crippen molar-refractivity contribution in [1.82, 2.24) is 4.90 Å². The number of nitrogens with one attached hydrogen (secondary N) is 1. The molecule has 3 heterocycles. The molecule has 1 atom stereocenters. The summed E-state index contributed by atoms with van der Waals surface area (Å²) in [7, 11) is 0. The second-order valence-corrected chi connectivity index (χ2v) is 7.36. The van der Waals surface area contributed by atoms with Crippen LogP contribution in [0.1, 0.15) is 36.2 Å². The first kappa shape index (κ1) is 20.0. The van der Waals surface area contributed by atoms with E-state index >= 15 is 0 Å². The molecule has 1 aliphatic rings. The quantitative estimate of drug-likeness (QED) is 0.558. The number of quaternary nitrogens is 1. The number of amides is 1. The molecule has 0 bridgehead atoms. The highest BCUT2D eigenvalue weighted by Gasteiger charge is 2.46. The molecule has 0 spiro atoms. The van der Waals surface area contributed by atoms with Crippen LogP contribution in [-0.2, 0) is 4.79 Å². The third-order valence-corrected chi connectivity index (χ3v) is 5.72. The summed E-state index contributed by atoms with van der Waals surface area (Å²) in [6.07, 6.45) is 1.49. The van der Waals surface area contributed by atoms with Crippen LogP contribution in [0.25, 0.3) is 11.0 Å².